The van der Waals surface area contributed by atoms with Crippen LogP contribution in [0.3, 0.4) is 0 Å². The van der Waals surface area contributed by atoms with Crippen LogP contribution in [0, 0.1) is 5.82 Å². The molecule has 0 saturated heterocycles. The van der Waals surface area contributed by atoms with E-state index in [4.69, 9.17) is 9.88 Å². The van der Waals surface area contributed by atoms with E-state index < -0.39 is 26.6 Å². The van der Waals surface area contributed by atoms with Crippen LogP contribution in [0.1, 0.15) is 13.3 Å². The minimum absolute atomic E-state index is 0.00845. The van der Waals surface area contributed by atoms with Crippen LogP contribution in [0.25, 0.3) is 0 Å². The van der Waals surface area contributed by atoms with Crippen molar-refractivity contribution in [3.05, 3.63) is 24.0 Å². The fourth-order valence-electron chi connectivity index (χ4n) is 1.31. The molecule has 0 aliphatic carbocycles. The summed E-state index contributed by atoms with van der Waals surface area (Å²) >= 11 is 0. The van der Waals surface area contributed by atoms with Crippen molar-refractivity contribution in [2.45, 2.75) is 18.2 Å². The van der Waals surface area contributed by atoms with Gasteiger partial charge in [-0.3, -0.25) is 4.79 Å². The Morgan fingerprint density at radius 1 is 1.42 bits per heavy atom. The van der Waals surface area contributed by atoms with E-state index in [0.29, 0.717) is 6.61 Å². The van der Waals surface area contributed by atoms with E-state index in [1.54, 1.807) is 0 Å². The maximum atomic E-state index is 13.2. The second kappa shape index (κ2) is 6.60. The number of benzene rings is 1. The summed E-state index contributed by atoms with van der Waals surface area (Å²) in [4.78, 5) is 11.0. The molecule has 0 heterocycles. The summed E-state index contributed by atoms with van der Waals surface area (Å²) in [6, 6.07) is 2.85. The quantitative estimate of drug-likeness (QED) is 0.758. The first-order chi connectivity index (χ1) is 8.82. The molecule has 19 heavy (non-hydrogen) atoms. The highest BCUT2D eigenvalue weighted by Gasteiger charge is 2.12. The zero-order valence-electron chi connectivity index (χ0n) is 10.3. The minimum Gasteiger partial charge on any atom is -0.372 e. The number of ether oxygens (including phenoxy) is 1. The standard InChI is InChI=1S/C11H15FN2O4S/c1-2-3-18-7-11(15)14-9-4-8(12)5-10(6-9)19(13,16)17/h4-6H,2-3,7H2,1H3,(H,14,15)(H2,13,16,17). The van der Waals surface area contributed by atoms with Crippen LogP contribution in [0.4, 0.5) is 10.1 Å². The fourth-order valence-corrected chi connectivity index (χ4v) is 1.87. The molecule has 106 valence electrons. The number of primary sulfonamides is 1. The normalized spacial score (nSPS) is 11.3. The molecule has 0 fully saturated rings. The van der Waals surface area contributed by atoms with Gasteiger partial charge in [0.1, 0.15) is 12.4 Å². The van der Waals surface area contributed by atoms with Gasteiger partial charge in [0.15, 0.2) is 0 Å². The van der Waals surface area contributed by atoms with Gasteiger partial charge in [-0.1, -0.05) is 6.92 Å². The number of hydrogen-bond acceptors (Lipinski definition) is 4. The fraction of sp³-hybridized carbons (Fsp3) is 0.364. The number of anilines is 1. The molecular formula is C11H15FN2O4S. The van der Waals surface area contributed by atoms with Crippen LogP contribution < -0.4 is 10.5 Å². The van der Waals surface area contributed by atoms with Crippen LogP contribution in [-0.4, -0.2) is 27.5 Å². The maximum absolute atomic E-state index is 13.2. The van der Waals surface area contributed by atoms with Gasteiger partial charge in [-0.15, -0.1) is 0 Å². The Hall–Kier alpha value is -1.51. The predicted molar refractivity (Wildman–Crippen MR) is 67.5 cm³/mol. The second-order valence-electron chi connectivity index (χ2n) is 3.82. The van der Waals surface area contributed by atoms with Gasteiger partial charge in [0.05, 0.1) is 4.90 Å². The average molecular weight is 290 g/mol. The van der Waals surface area contributed by atoms with Crippen LogP contribution in [-0.2, 0) is 19.6 Å². The number of amides is 1. The summed E-state index contributed by atoms with van der Waals surface area (Å²) in [5.41, 5.74) is 0.00845. The number of halogens is 1. The third-order valence-corrected chi connectivity index (χ3v) is 2.96. The van der Waals surface area contributed by atoms with Crippen molar-refractivity contribution < 1.29 is 22.3 Å². The lowest BCUT2D eigenvalue weighted by molar-refractivity contribution is -0.120. The number of nitrogens with two attached hydrogens (primary N) is 1. The van der Waals surface area contributed by atoms with Crippen molar-refractivity contribution in [2.75, 3.05) is 18.5 Å². The van der Waals surface area contributed by atoms with Crippen LogP contribution in [0.15, 0.2) is 23.1 Å². The Morgan fingerprint density at radius 3 is 2.68 bits per heavy atom. The number of carbonyl (C=O) groups is 1. The second-order valence-corrected chi connectivity index (χ2v) is 5.38. The van der Waals surface area contributed by atoms with Crippen molar-refractivity contribution in [1.82, 2.24) is 0 Å². The Morgan fingerprint density at radius 2 is 2.11 bits per heavy atom. The van der Waals surface area contributed by atoms with Crippen molar-refractivity contribution in [2.24, 2.45) is 5.14 Å². The lowest BCUT2D eigenvalue weighted by atomic mass is 10.3. The largest absolute Gasteiger partial charge is 0.372 e. The molecule has 1 aromatic carbocycles. The highest BCUT2D eigenvalue weighted by molar-refractivity contribution is 7.89. The van der Waals surface area contributed by atoms with E-state index in [-0.39, 0.29) is 12.3 Å². The van der Waals surface area contributed by atoms with Crippen LogP contribution in [0.5, 0.6) is 0 Å². The summed E-state index contributed by atoms with van der Waals surface area (Å²) < 4.78 is 40.4. The molecule has 1 aromatic rings. The van der Waals surface area contributed by atoms with E-state index in [1.807, 2.05) is 6.92 Å². The lowest BCUT2D eigenvalue weighted by Gasteiger charge is -2.07. The van der Waals surface area contributed by atoms with Gasteiger partial charge in [-0.05, 0) is 24.6 Å². The summed E-state index contributed by atoms with van der Waals surface area (Å²) in [6.45, 7) is 2.14. The van der Waals surface area contributed by atoms with E-state index in [0.717, 1.165) is 24.6 Å². The molecule has 1 rings (SSSR count). The van der Waals surface area contributed by atoms with Crippen molar-refractivity contribution >= 4 is 21.6 Å². The highest BCUT2D eigenvalue weighted by atomic mass is 32.2. The summed E-state index contributed by atoms with van der Waals surface area (Å²) in [7, 11) is -4.03. The first-order valence-corrected chi connectivity index (χ1v) is 7.08. The van der Waals surface area contributed by atoms with Gasteiger partial charge in [0, 0.05) is 12.3 Å². The molecule has 0 aliphatic rings. The first kappa shape index (κ1) is 15.5. The number of sulfonamides is 1. The molecule has 0 radical (unpaired) electrons. The Labute approximate surface area is 110 Å². The van der Waals surface area contributed by atoms with E-state index in [1.165, 1.54) is 0 Å². The molecule has 8 heteroatoms. The van der Waals surface area contributed by atoms with Gasteiger partial charge in [0.2, 0.25) is 15.9 Å². The molecule has 0 spiro atoms. The third kappa shape index (κ3) is 5.33. The highest BCUT2D eigenvalue weighted by Crippen LogP contribution is 2.17. The van der Waals surface area contributed by atoms with Gasteiger partial charge < -0.3 is 10.1 Å². The monoisotopic (exact) mass is 290 g/mol. The molecule has 1 amide bonds. The number of carbonyl (C=O) groups excluding carboxylic acids is 1. The molecule has 6 nitrogen and oxygen atoms in total. The van der Waals surface area contributed by atoms with Gasteiger partial charge >= 0.3 is 0 Å². The number of rotatable bonds is 6. The Kier molecular flexibility index (Phi) is 5.40. The SMILES string of the molecule is CCCOCC(=O)Nc1cc(F)cc(S(N)(=O)=O)c1. The molecule has 0 unspecified atom stereocenters. The summed E-state index contributed by atoms with van der Waals surface area (Å²) in [5.74, 6) is -1.31. The van der Waals surface area contributed by atoms with Crippen molar-refractivity contribution in [1.29, 1.82) is 0 Å². The third-order valence-electron chi connectivity index (χ3n) is 2.07. The molecule has 0 saturated carbocycles. The Balaban J connectivity index is 2.79. The Bertz CT molecular complexity index is 560. The van der Waals surface area contributed by atoms with E-state index in [9.17, 15) is 17.6 Å². The summed E-state index contributed by atoms with van der Waals surface area (Å²) in [5, 5.41) is 7.22. The van der Waals surface area contributed by atoms with Crippen molar-refractivity contribution in [3.63, 3.8) is 0 Å². The minimum atomic E-state index is -4.03. The van der Waals surface area contributed by atoms with E-state index in [2.05, 4.69) is 5.32 Å². The number of hydrogen-bond donors (Lipinski definition) is 2. The van der Waals surface area contributed by atoms with Crippen LogP contribution >= 0.6 is 0 Å². The zero-order chi connectivity index (χ0) is 14.5. The van der Waals surface area contributed by atoms with Gasteiger partial charge in [-0.2, -0.15) is 0 Å². The molecule has 0 aliphatic heterocycles. The molecule has 0 bridgehead atoms. The van der Waals surface area contributed by atoms with Crippen LogP contribution in [0.2, 0.25) is 0 Å². The molecular weight excluding hydrogens is 275 g/mol. The van der Waals surface area contributed by atoms with Crippen molar-refractivity contribution in [3.8, 4) is 0 Å². The first-order valence-electron chi connectivity index (χ1n) is 5.54. The lowest BCUT2D eigenvalue weighted by Crippen LogP contribution is -2.19. The number of nitrogens with one attached hydrogen (secondary N) is 1. The average Bonchev–Trinajstić information content (AvgIpc) is 2.27. The molecule has 0 aromatic heterocycles. The topological polar surface area (TPSA) is 98.5 Å². The van der Waals surface area contributed by atoms with Gasteiger partial charge in [0.25, 0.3) is 0 Å². The molecule has 3 N–H and O–H groups in total. The van der Waals surface area contributed by atoms with E-state index >= 15 is 0 Å². The predicted octanol–water partition coefficient (Wildman–Crippen LogP) is 0.838. The molecule has 0 atom stereocenters. The van der Waals surface area contributed by atoms with Gasteiger partial charge in [-0.25, -0.2) is 17.9 Å². The summed E-state index contributed by atoms with van der Waals surface area (Å²) in [6.07, 6.45) is 0.767. The smallest absolute Gasteiger partial charge is 0.250 e. The maximum Gasteiger partial charge on any atom is 0.250 e. The zero-order valence-corrected chi connectivity index (χ0v) is 11.2.